The number of hydrogen-bond acceptors (Lipinski definition) is 3. The Morgan fingerprint density at radius 2 is 1.75 bits per heavy atom. The molecule has 0 aliphatic heterocycles. The second-order valence-electron chi connectivity index (χ2n) is 4.64. The van der Waals surface area contributed by atoms with Crippen LogP contribution in [0.3, 0.4) is 0 Å². The van der Waals surface area contributed by atoms with E-state index < -0.39 is 6.10 Å². The van der Waals surface area contributed by atoms with E-state index in [-0.39, 0.29) is 5.92 Å². The van der Waals surface area contributed by atoms with Crippen molar-refractivity contribution in [1.29, 1.82) is 0 Å². The summed E-state index contributed by atoms with van der Waals surface area (Å²) in [5, 5.41) is 11.3. The van der Waals surface area contributed by atoms with Crippen molar-refractivity contribution in [3.05, 3.63) is 77.8 Å². The van der Waals surface area contributed by atoms with Crippen molar-refractivity contribution in [2.75, 3.05) is 0 Å². The zero-order chi connectivity index (χ0) is 13.9. The second kappa shape index (κ2) is 5.57. The van der Waals surface area contributed by atoms with Crippen LogP contribution in [0.1, 0.15) is 22.6 Å². The first-order valence-corrected chi connectivity index (χ1v) is 7.32. The Bertz CT molecular complexity index is 687. The minimum Gasteiger partial charge on any atom is -0.385 e. The van der Waals surface area contributed by atoms with Gasteiger partial charge < -0.3 is 5.11 Å². The number of nitrogens with zero attached hydrogens (tertiary/aromatic N) is 1. The first kappa shape index (κ1) is 13.0. The Labute approximate surface area is 122 Å². The van der Waals surface area contributed by atoms with Gasteiger partial charge in [0.15, 0.2) is 0 Å². The zero-order valence-corrected chi connectivity index (χ0v) is 11.8. The van der Waals surface area contributed by atoms with E-state index in [9.17, 15) is 5.11 Å². The molecule has 0 aliphatic rings. The molecule has 3 rings (SSSR count). The van der Waals surface area contributed by atoms with Gasteiger partial charge in [-0.3, -0.25) is 0 Å². The van der Waals surface area contributed by atoms with E-state index >= 15 is 0 Å². The van der Waals surface area contributed by atoms with Gasteiger partial charge in [0.05, 0.1) is 10.2 Å². The number of rotatable bonds is 4. The van der Waals surface area contributed by atoms with E-state index in [1.165, 1.54) is 11.3 Å². The highest BCUT2D eigenvalue weighted by Gasteiger charge is 2.22. The molecule has 100 valence electrons. The van der Waals surface area contributed by atoms with Gasteiger partial charge in [-0.15, -0.1) is 17.9 Å². The fraction of sp³-hybridized carbons (Fsp3) is 0.118. The third kappa shape index (κ3) is 2.38. The Morgan fingerprint density at radius 3 is 2.45 bits per heavy atom. The van der Waals surface area contributed by atoms with Crippen LogP contribution in [-0.2, 0) is 0 Å². The lowest BCUT2D eigenvalue weighted by Gasteiger charge is -2.17. The molecule has 2 aromatic carbocycles. The Balaban J connectivity index is 1.97. The van der Waals surface area contributed by atoms with E-state index in [4.69, 9.17) is 0 Å². The van der Waals surface area contributed by atoms with E-state index in [0.717, 1.165) is 20.8 Å². The fourth-order valence-electron chi connectivity index (χ4n) is 2.29. The molecule has 2 nitrogen and oxygen atoms in total. The van der Waals surface area contributed by atoms with E-state index in [1.807, 2.05) is 54.6 Å². The average Bonchev–Trinajstić information content (AvgIpc) is 2.93. The van der Waals surface area contributed by atoms with Crippen molar-refractivity contribution in [1.82, 2.24) is 4.98 Å². The largest absolute Gasteiger partial charge is 0.385 e. The SMILES string of the molecule is C=C[C@H](c1ccccc1)[C@H](O)c1nc2ccccc2s1. The Kier molecular flexibility index (Phi) is 3.63. The summed E-state index contributed by atoms with van der Waals surface area (Å²) < 4.78 is 1.09. The topological polar surface area (TPSA) is 33.1 Å². The summed E-state index contributed by atoms with van der Waals surface area (Å²) in [6.45, 7) is 3.85. The van der Waals surface area contributed by atoms with Gasteiger partial charge in [0.2, 0.25) is 0 Å². The molecule has 0 bridgehead atoms. The molecule has 0 fully saturated rings. The Morgan fingerprint density at radius 1 is 1.05 bits per heavy atom. The smallest absolute Gasteiger partial charge is 0.123 e. The molecule has 0 spiro atoms. The molecule has 0 amide bonds. The molecule has 0 unspecified atom stereocenters. The third-order valence-corrected chi connectivity index (χ3v) is 4.45. The quantitative estimate of drug-likeness (QED) is 0.723. The number of aliphatic hydroxyl groups excluding tert-OH is 1. The highest BCUT2D eigenvalue weighted by molar-refractivity contribution is 7.18. The third-order valence-electron chi connectivity index (χ3n) is 3.34. The molecule has 0 saturated heterocycles. The summed E-state index contributed by atoms with van der Waals surface area (Å²) in [6, 6.07) is 17.8. The minimum atomic E-state index is -0.660. The van der Waals surface area contributed by atoms with Gasteiger partial charge in [-0.1, -0.05) is 48.5 Å². The summed E-state index contributed by atoms with van der Waals surface area (Å²) >= 11 is 1.53. The van der Waals surface area contributed by atoms with Crippen LogP contribution in [-0.4, -0.2) is 10.1 Å². The molecule has 0 aliphatic carbocycles. The van der Waals surface area contributed by atoms with Crippen molar-refractivity contribution in [3.63, 3.8) is 0 Å². The number of hydrogen-bond donors (Lipinski definition) is 1. The molecule has 3 aromatic rings. The summed E-state index contributed by atoms with van der Waals surface area (Å²) in [7, 11) is 0. The predicted octanol–water partition coefficient (Wildman–Crippen LogP) is 4.30. The number of benzene rings is 2. The van der Waals surface area contributed by atoms with Crippen LogP contribution in [0.5, 0.6) is 0 Å². The van der Waals surface area contributed by atoms with Crippen LogP contribution in [0.15, 0.2) is 67.3 Å². The predicted molar refractivity (Wildman–Crippen MR) is 84.0 cm³/mol. The van der Waals surface area contributed by atoms with Gasteiger partial charge in [-0.25, -0.2) is 4.98 Å². The van der Waals surface area contributed by atoms with Crippen LogP contribution < -0.4 is 0 Å². The van der Waals surface area contributed by atoms with Gasteiger partial charge in [0.1, 0.15) is 11.1 Å². The van der Waals surface area contributed by atoms with Crippen molar-refractivity contribution >= 4 is 21.6 Å². The van der Waals surface area contributed by atoms with Crippen LogP contribution in [0.2, 0.25) is 0 Å². The van der Waals surface area contributed by atoms with Crippen molar-refractivity contribution in [3.8, 4) is 0 Å². The van der Waals surface area contributed by atoms with Crippen molar-refractivity contribution in [2.24, 2.45) is 0 Å². The summed E-state index contributed by atoms with van der Waals surface area (Å²) in [4.78, 5) is 4.53. The van der Waals surface area contributed by atoms with Gasteiger partial charge in [0, 0.05) is 5.92 Å². The minimum absolute atomic E-state index is 0.142. The number of fused-ring (bicyclic) bond motifs is 1. The highest BCUT2D eigenvalue weighted by Crippen LogP contribution is 2.35. The standard InChI is InChI=1S/C17H15NOS/c1-2-13(12-8-4-3-5-9-12)16(19)17-18-14-10-6-7-11-15(14)20-17/h2-11,13,16,19H,1H2/t13-,16+/m1/s1. The number of thiazole rings is 1. The van der Waals surface area contributed by atoms with Gasteiger partial charge in [-0.05, 0) is 17.7 Å². The first-order chi connectivity index (χ1) is 9.79. The molecular weight excluding hydrogens is 266 g/mol. The molecular formula is C17H15NOS. The maximum absolute atomic E-state index is 10.6. The Hall–Kier alpha value is -1.97. The van der Waals surface area contributed by atoms with E-state index in [0.29, 0.717) is 0 Å². The lowest BCUT2D eigenvalue weighted by Crippen LogP contribution is -2.08. The van der Waals surface area contributed by atoms with Crippen LogP contribution in [0, 0.1) is 0 Å². The van der Waals surface area contributed by atoms with E-state index in [1.54, 1.807) is 6.08 Å². The maximum atomic E-state index is 10.6. The van der Waals surface area contributed by atoms with Gasteiger partial charge in [-0.2, -0.15) is 0 Å². The molecule has 1 N–H and O–H groups in total. The lowest BCUT2D eigenvalue weighted by atomic mass is 9.94. The molecule has 1 heterocycles. The average molecular weight is 281 g/mol. The molecule has 20 heavy (non-hydrogen) atoms. The van der Waals surface area contributed by atoms with Gasteiger partial charge >= 0.3 is 0 Å². The maximum Gasteiger partial charge on any atom is 0.123 e. The highest BCUT2D eigenvalue weighted by atomic mass is 32.1. The summed E-state index contributed by atoms with van der Waals surface area (Å²) in [5.41, 5.74) is 1.98. The monoisotopic (exact) mass is 281 g/mol. The number of aromatic nitrogens is 1. The van der Waals surface area contributed by atoms with Crippen molar-refractivity contribution < 1.29 is 5.11 Å². The van der Waals surface area contributed by atoms with Crippen molar-refractivity contribution in [2.45, 2.75) is 12.0 Å². The summed E-state index contributed by atoms with van der Waals surface area (Å²) in [5.74, 6) is -0.142. The first-order valence-electron chi connectivity index (χ1n) is 6.50. The van der Waals surface area contributed by atoms with Crippen LogP contribution in [0.25, 0.3) is 10.2 Å². The van der Waals surface area contributed by atoms with E-state index in [2.05, 4.69) is 11.6 Å². The number of para-hydroxylation sites is 1. The fourth-order valence-corrected chi connectivity index (χ4v) is 3.29. The zero-order valence-electron chi connectivity index (χ0n) is 10.9. The lowest BCUT2D eigenvalue weighted by molar-refractivity contribution is 0.161. The molecule has 0 saturated carbocycles. The molecule has 3 heteroatoms. The van der Waals surface area contributed by atoms with Gasteiger partial charge in [0.25, 0.3) is 0 Å². The molecule has 0 radical (unpaired) electrons. The molecule has 1 aromatic heterocycles. The normalized spacial score (nSPS) is 14.1. The second-order valence-corrected chi connectivity index (χ2v) is 5.70. The molecule has 2 atom stereocenters. The van der Waals surface area contributed by atoms with Crippen LogP contribution in [0.4, 0.5) is 0 Å². The number of aliphatic hydroxyl groups is 1. The van der Waals surface area contributed by atoms with Crippen LogP contribution >= 0.6 is 11.3 Å². The summed E-state index contributed by atoms with van der Waals surface area (Å²) in [6.07, 6.45) is 1.12.